The van der Waals surface area contributed by atoms with Crippen LogP contribution in [0.15, 0.2) is 0 Å². The predicted molar refractivity (Wildman–Crippen MR) is 73.0 cm³/mol. The molecule has 0 fully saturated rings. The maximum atomic E-state index is 10.8. The van der Waals surface area contributed by atoms with Crippen molar-refractivity contribution in [3.8, 4) is 0 Å². The Morgan fingerprint density at radius 1 is 1.12 bits per heavy atom. The van der Waals surface area contributed by atoms with Crippen molar-refractivity contribution in [3.05, 3.63) is 0 Å². The van der Waals surface area contributed by atoms with Crippen LogP contribution in [0.1, 0.15) is 52.4 Å². The molecular formula is C12H25ClO3S. The van der Waals surface area contributed by atoms with Crippen molar-refractivity contribution in [2.45, 2.75) is 52.4 Å². The highest BCUT2D eigenvalue weighted by molar-refractivity contribution is 8.13. The number of hydrogen-bond acceptors (Lipinski definition) is 3. The van der Waals surface area contributed by atoms with E-state index in [1.165, 1.54) is 32.1 Å². The summed E-state index contributed by atoms with van der Waals surface area (Å²) in [5, 5.41) is 0. The van der Waals surface area contributed by atoms with Crippen LogP contribution in [0.25, 0.3) is 0 Å². The van der Waals surface area contributed by atoms with E-state index in [0.717, 1.165) is 13.0 Å². The lowest BCUT2D eigenvalue weighted by Gasteiger charge is -2.09. The minimum atomic E-state index is -3.39. The molecule has 3 nitrogen and oxygen atoms in total. The second kappa shape index (κ2) is 10.2. The molecule has 0 heterocycles. The van der Waals surface area contributed by atoms with Crippen LogP contribution in [-0.2, 0) is 13.8 Å². The van der Waals surface area contributed by atoms with Crippen LogP contribution in [0, 0.1) is 5.92 Å². The second-order valence-electron chi connectivity index (χ2n) is 4.65. The van der Waals surface area contributed by atoms with E-state index >= 15 is 0 Å². The van der Waals surface area contributed by atoms with Gasteiger partial charge in [-0.25, -0.2) is 8.42 Å². The lowest BCUT2D eigenvalue weighted by Crippen LogP contribution is -2.15. The first-order valence-electron chi connectivity index (χ1n) is 6.45. The molecule has 5 heteroatoms. The molecule has 0 saturated heterocycles. The molecule has 0 aliphatic heterocycles. The van der Waals surface area contributed by atoms with E-state index in [0.29, 0.717) is 6.61 Å². The zero-order chi connectivity index (χ0) is 13.1. The molecule has 0 rings (SSSR count). The molecule has 0 aromatic carbocycles. The molecule has 1 unspecified atom stereocenters. The minimum Gasteiger partial charge on any atom is -0.381 e. The van der Waals surface area contributed by atoms with Gasteiger partial charge in [-0.15, -0.1) is 0 Å². The van der Waals surface area contributed by atoms with Crippen LogP contribution in [0.4, 0.5) is 0 Å². The third-order valence-electron chi connectivity index (χ3n) is 2.53. The molecule has 17 heavy (non-hydrogen) atoms. The molecule has 1 atom stereocenters. The molecule has 0 aliphatic carbocycles. The van der Waals surface area contributed by atoms with Gasteiger partial charge >= 0.3 is 0 Å². The number of rotatable bonds is 11. The second-order valence-corrected chi connectivity index (χ2v) is 7.47. The van der Waals surface area contributed by atoms with Crippen LogP contribution in [0.3, 0.4) is 0 Å². The van der Waals surface area contributed by atoms with Gasteiger partial charge in [-0.2, -0.15) is 0 Å². The van der Waals surface area contributed by atoms with Crippen molar-refractivity contribution in [2.75, 3.05) is 19.0 Å². The van der Waals surface area contributed by atoms with Crippen LogP contribution in [0.2, 0.25) is 0 Å². The Kier molecular flexibility index (Phi) is 10.3. The van der Waals surface area contributed by atoms with Crippen molar-refractivity contribution in [1.82, 2.24) is 0 Å². The Labute approximate surface area is 110 Å². The fourth-order valence-electron chi connectivity index (χ4n) is 1.66. The first-order chi connectivity index (χ1) is 7.95. The summed E-state index contributed by atoms with van der Waals surface area (Å²) in [6.07, 6.45) is 7.40. The SMILES string of the molecule is CCCCCCCCOCC(C)CS(=O)(=O)Cl. The molecule has 0 aromatic heterocycles. The Morgan fingerprint density at radius 3 is 2.29 bits per heavy atom. The summed E-state index contributed by atoms with van der Waals surface area (Å²) in [5.41, 5.74) is 0. The monoisotopic (exact) mass is 284 g/mol. The highest BCUT2D eigenvalue weighted by Gasteiger charge is 2.12. The van der Waals surface area contributed by atoms with E-state index in [9.17, 15) is 8.42 Å². The van der Waals surface area contributed by atoms with Gasteiger partial charge < -0.3 is 4.74 Å². The molecule has 0 N–H and O–H groups in total. The molecule has 0 spiro atoms. The first-order valence-corrected chi connectivity index (χ1v) is 8.93. The predicted octanol–water partition coefficient (Wildman–Crippen LogP) is 3.57. The van der Waals surface area contributed by atoms with Gasteiger partial charge in [-0.1, -0.05) is 46.0 Å². The third kappa shape index (κ3) is 14.1. The third-order valence-corrected chi connectivity index (χ3v) is 3.87. The molecule has 0 saturated carbocycles. The first kappa shape index (κ1) is 17.2. The van der Waals surface area contributed by atoms with E-state index in [2.05, 4.69) is 6.92 Å². The van der Waals surface area contributed by atoms with Gasteiger partial charge in [0.05, 0.1) is 12.4 Å². The smallest absolute Gasteiger partial charge is 0.232 e. The van der Waals surface area contributed by atoms with E-state index in [4.69, 9.17) is 15.4 Å². The number of halogens is 1. The number of ether oxygens (including phenoxy) is 1. The average Bonchev–Trinajstić information content (AvgIpc) is 2.19. The molecule has 0 radical (unpaired) electrons. The largest absolute Gasteiger partial charge is 0.381 e. The van der Waals surface area contributed by atoms with E-state index in [-0.39, 0.29) is 11.7 Å². The fourth-order valence-corrected chi connectivity index (χ4v) is 3.08. The highest BCUT2D eigenvalue weighted by Crippen LogP contribution is 2.08. The topological polar surface area (TPSA) is 43.4 Å². The number of hydrogen-bond donors (Lipinski definition) is 0. The van der Waals surface area contributed by atoms with Gasteiger partial charge in [0.1, 0.15) is 0 Å². The van der Waals surface area contributed by atoms with Gasteiger partial charge in [0.15, 0.2) is 0 Å². The maximum Gasteiger partial charge on any atom is 0.232 e. The van der Waals surface area contributed by atoms with Gasteiger partial charge in [0, 0.05) is 17.3 Å². The van der Waals surface area contributed by atoms with Crippen LogP contribution < -0.4 is 0 Å². The quantitative estimate of drug-likeness (QED) is 0.430. The molecule has 0 aliphatic rings. The lowest BCUT2D eigenvalue weighted by atomic mass is 10.1. The van der Waals surface area contributed by atoms with Crippen molar-refractivity contribution in [3.63, 3.8) is 0 Å². The standard InChI is InChI=1S/C12H25ClO3S/c1-3-4-5-6-7-8-9-16-10-12(2)11-17(13,14)15/h12H,3-11H2,1-2H3. The van der Waals surface area contributed by atoms with Crippen LogP contribution >= 0.6 is 10.7 Å². The molecule has 0 bridgehead atoms. The maximum absolute atomic E-state index is 10.8. The summed E-state index contributed by atoms with van der Waals surface area (Å²) >= 11 is 0. The van der Waals surface area contributed by atoms with Gasteiger partial charge in [-0.05, 0) is 12.3 Å². The zero-order valence-electron chi connectivity index (χ0n) is 11.0. The molecule has 104 valence electrons. The van der Waals surface area contributed by atoms with E-state index in [1.54, 1.807) is 0 Å². The molecular weight excluding hydrogens is 260 g/mol. The number of unbranched alkanes of at least 4 members (excludes halogenated alkanes) is 5. The van der Waals surface area contributed by atoms with E-state index in [1.807, 2.05) is 6.92 Å². The van der Waals surface area contributed by atoms with E-state index < -0.39 is 9.05 Å². The Morgan fingerprint density at radius 2 is 1.71 bits per heavy atom. The van der Waals surface area contributed by atoms with Crippen molar-refractivity contribution < 1.29 is 13.2 Å². The van der Waals surface area contributed by atoms with Crippen molar-refractivity contribution >= 4 is 19.7 Å². The minimum absolute atomic E-state index is 0.00887. The Balaban J connectivity index is 3.28. The highest BCUT2D eigenvalue weighted by atomic mass is 35.7. The summed E-state index contributed by atoms with van der Waals surface area (Å²) < 4.78 is 27.0. The lowest BCUT2D eigenvalue weighted by molar-refractivity contribution is 0.107. The summed E-state index contributed by atoms with van der Waals surface area (Å²) in [7, 11) is 1.77. The van der Waals surface area contributed by atoms with Crippen molar-refractivity contribution in [1.29, 1.82) is 0 Å². The van der Waals surface area contributed by atoms with Crippen molar-refractivity contribution in [2.24, 2.45) is 5.92 Å². The fraction of sp³-hybridized carbons (Fsp3) is 1.00. The Hall–Kier alpha value is 0.200. The van der Waals surface area contributed by atoms with Crippen LogP contribution in [-0.4, -0.2) is 27.4 Å². The average molecular weight is 285 g/mol. The summed E-state index contributed by atoms with van der Waals surface area (Å²) in [6.45, 7) is 5.23. The van der Waals surface area contributed by atoms with Gasteiger partial charge in [0.25, 0.3) is 0 Å². The Bertz CT molecular complexity index is 265. The van der Waals surface area contributed by atoms with Gasteiger partial charge in [0.2, 0.25) is 9.05 Å². The normalized spacial score (nSPS) is 13.8. The summed E-state index contributed by atoms with van der Waals surface area (Å²) in [4.78, 5) is 0. The zero-order valence-corrected chi connectivity index (χ0v) is 12.5. The van der Waals surface area contributed by atoms with Gasteiger partial charge in [-0.3, -0.25) is 0 Å². The summed E-state index contributed by atoms with van der Waals surface area (Å²) in [6, 6.07) is 0. The summed E-state index contributed by atoms with van der Waals surface area (Å²) in [5.74, 6) is -0.0389. The van der Waals surface area contributed by atoms with Crippen LogP contribution in [0.5, 0.6) is 0 Å². The molecule has 0 aromatic rings. The molecule has 0 amide bonds.